The molecule has 0 heterocycles. The first kappa shape index (κ1) is 19.5. The molecule has 4 heteroatoms. The maximum Gasteiger partial charge on any atom is 1.00 e. The number of esters is 2. The van der Waals surface area contributed by atoms with Gasteiger partial charge in [-0.1, -0.05) is 46.5 Å². The van der Waals surface area contributed by atoms with Crippen molar-refractivity contribution in [1.29, 1.82) is 0 Å². The zero-order chi connectivity index (χ0) is 12.4. The van der Waals surface area contributed by atoms with E-state index in [-0.39, 0.29) is 48.8 Å². The zero-order valence-corrected chi connectivity index (χ0v) is 13.8. The average molecular weight is 252 g/mol. The topological polar surface area (TPSA) is 43.4 Å². The van der Waals surface area contributed by atoms with Gasteiger partial charge >= 0.3 is 41.5 Å². The van der Waals surface area contributed by atoms with Crippen molar-refractivity contribution in [3.05, 3.63) is 0 Å². The van der Waals surface area contributed by atoms with E-state index in [0.717, 1.165) is 38.5 Å². The van der Waals surface area contributed by atoms with Crippen LogP contribution in [0.15, 0.2) is 0 Å². The summed E-state index contributed by atoms with van der Waals surface area (Å²) in [6.45, 7) is 5.93. The number of rotatable bonds is 8. The standard InChI is InChI=1S/C13H24O3.Na.H/c1-4-6-7-8-10-12(14)16-13(15)11(3)9-5-2;;/h11H,4-10H2,1-3H3;;/q;+1;-1. The molecular formula is C13H25NaO3. The maximum atomic E-state index is 11.4. The molecule has 96 valence electrons. The van der Waals surface area contributed by atoms with Gasteiger partial charge in [-0.2, -0.15) is 0 Å². The fraction of sp³-hybridized carbons (Fsp3) is 0.846. The molecule has 0 aromatic heterocycles. The van der Waals surface area contributed by atoms with Crippen LogP contribution in [0.4, 0.5) is 0 Å². The Bertz CT molecular complexity index is 222. The smallest absolute Gasteiger partial charge is 1.00 e. The Hall–Kier alpha value is 0.140. The number of carbonyl (C=O) groups is 2. The monoisotopic (exact) mass is 252 g/mol. The minimum Gasteiger partial charge on any atom is -1.00 e. The molecular weight excluding hydrogens is 227 g/mol. The van der Waals surface area contributed by atoms with E-state index in [0.29, 0.717) is 6.42 Å². The Morgan fingerprint density at radius 1 is 1.12 bits per heavy atom. The van der Waals surface area contributed by atoms with Gasteiger partial charge in [-0.05, 0) is 12.8 Å². The maximum absolute atomic E-state index is 11.4. The van der Waals surface area contributed by atoms with Gasteiger partial charge in [0.05, 0.1) is 5.92 Å². The van der Waals surface area contributed by atoms with E-state index in [4.69, 9.17) is 4.74 Å². The minimum atomic E-state index is -0.373. The van der Waals surface area contributed by atoms with Gasteiger partial charge in [0.1, 0.15) is 0 Å². The predicted molar refractivity (Wildman–Crippen MR) is 65.0 cm³/mol. The van der Waals surface area contributed by atoms with Gasteiger partial charge in [0.25, 0.3) is 0 Å². The molecule has 1 unspecified atom stereocenters. The van der Waals surface area contributed by atoms with Gasteiger partial charge in [0.15, 0.2) is 0 Å². The first-order chi connectivity index (χ1) is 7.61. The van der Waals surface area contributed by atoms with Crippen LogP contribution in [0.3, 0.4) is 0 Å². The van der Waals surface area contributed by atoms with Crippen molar-refractivity contribution in [2.24, 2.45) is 5.92 Å². The van der Waals surface area contributed by atoms with Crippen molar-refractivity contribution >= 4 is 11.9 Å². The molecule has 17 heavy (non-hydrogen) atoms. The van der Waals surface area contributed by atoms with E-state index >= 15 is 0 Å². The van der Waals surface area contributed by atoms with Crippen LogP contribution in [0.5, 0.6) is 0 Å². The molecule has 0 aromatic carbocycles. The van der Waals surface area contributed by atoms with Gasteiger partial charge in [-0.3, -0.25) is 9.59 Å². The Kier molecular flexibility index (Phi) is 14.4. The number of carbonyl (C=O) groups excluding carboxylic acids is 2. The summed E-state index contributed by atoms with van der Waals surface area (Å²) in [5.41, 5.74) is 0. The molecule has 0 fully saturated rings. The molecule has 0 saturated carbocycles. The van der Waals surface area contributed by atoms with E-state index < -0.39 is 0 Å². The van der Waals surface area contributed by atoms with Crippen LogP contribution in [0.25, 0.3) is 0 Å². The molecule has 0 N–H and O–H groups in total. The second-order valence-corrected chi connectivity index (χ2v) is 4.29. The van der Waals surface area contributed by atoms with Crippen LogP contribution < -0.4 is 29.6 Å². The van der Waals surface area contributed by atoms with E-state index in [1.807, 2.05) is 6.92 Å². The summed E-state index contributed by atoms with van der Waals surface area (Å²) < 4.78 is 4.77. The Morgan fingerprint density at radius 2 is 1.76 bits per heavy atom. The van der Waals surface area contributed by atoms with Crippen molar-refractivity contribution in [1.82, 2.24) is 0 Å². The summed E-state index contributed by atoms with van der Waals surface area (Å²) in [6.07, 6.45) is 6.20. The van der Waals surface area contributed by atoms with Crippen LogP contribution in [-0.4, -0.2) is 11.9 Å². The summed E-state index contributed by atoms with van der Waals surface area (Å²) in [5.74, 6) is -0.906. The molecule has 3 nitrogen and oxygen atoms in total. The van der Waals surface area contributed by atoms with Gasteiger partial charge in [0.2, 0.25) is 0 Å². The van der Waals surface area contributed by atoms with Gasteiger partial charge in [-0.15, -0.1) is 0 Å². The zero-order valence-electron chi connectivity index (χ0n) is 12.8. The van der Waals surface area contributed by atoms with Crippen LogP contribution >= 0.6 is 0 Å². The fourth-order valence-electron chi connectivity index (χ4n) is 1.51. The second-order valence-electron chi connectivity index (χ2n) is 4.29. The first-order valence-corrected chi connectivity index (χ1v) is 6.36. The Balaban J connectivity index is -0.00000112. The second kappa shape index (κ2) is 12.6. The minimum absolute atomic E-state index is 0. The van der Waals surface area contributed by atoms with Crippen LogP contribution in [0.1, 0.15) is 67.1 Å². The Morgan fingerprint density at radius 3 is 2.29 bits per heavy atom. The SMILES string of the molecule is CCCCCCC(=O)OC(=O)C(C)CCC.[H-].[Na+]. The first-order valence-electron chi connectivity index (χ1n) is 6.36. The summed E-state index contributed by atoms with van der Waals surface area (Å²) in [4.78, 5) is 22.7. The third-order valence-electron chi connectivity index (χ3n) is 2.57. The number of hydrogen-bond donors (Lipinski definition) is 0. The van der Waals surface area contributed by atoms with Crippen LogP contribution in [0, 0.1) is 5.92 Å². The third-order valence-corrected chi connectivity index (χ3v) is 2.57. The van der Waals surface area contributed by atoms with Crippen molar-refractivity contribution in [2.45, 2.75) is 65.7 Å². The number of ether oxygens (including phenoxy) is 1. The average Bonchev–Trinajstić information content (AvgIpc) is 2.24. The fourth-order valence-corrected chi connectivity index (χ4v) is 1.51. The van der Waals surface area contributed by atoms with E-state index in [2.05, 4.69) is 6.92 Å². The van der Waals surface area contributed by atoms with Crippen LogP contribution in [0.2, 0.25) is 0 Å². The normalized spacial score (nSPS) is 11.5. The van der Waals surface area contributed by atoms with E-state index in [9.17, 15) is 9.59 Å². The molecule has 0 amide bonds. The van der Waals surface area contributed by atoms with Crippen molar-refractivity contribution in [3.8, 4) is 0 Å². The summed E-state index contributed by atoms with van der Waals surface area (Å²) in [5, 5.41) is 0. The Labute approximate surface area is 128 Å². The molecule has 0 rings (SSSR count). The van der Waals surface area contributed by atoms with Gasteiger partial charge in [0, 0.05) is 6.42 Å². The van der Waals surface area contributed by atoms with E-state index in [1.54, 1.807) is 6.92 Å². The van der Waals surface area contributed by atoms with Crippen molar-refractivity contribution in [2.75, 3.05) is 0 Å². The molecule has 0 aliphatic heterocycles. The van der Waals surface area contributed by atoms with Crippen molar-refractivity contribution < 1.29 is 45.3 Å². The molecule has 0 aliphatic carbocycles. The molecule has 0 saturated heterocycles. The summed E-state index contributed by atoms with van der Waals surface area (Å²) >= 11 is 0. The number of hydrogen-bond acceptors (Lipinski definition) is 3. The van der Waals surface area contributed by atoms with Crippen molar-refractivity contribution in [3.63, 3.8) is 0 Å². The molecule has 1 atom stereocenters. The molecule has 0 spiro atoms. The summed E-state index contributed by atoms with van der Waals surface area (Å²) in [7, 11) is 0. The molecule has 0 aliphatic rings. The van der Waals surface area contributed by atoms with Gasteiger partial charge in [-0.25, -0.2) is 0 Å². The summed E-state index contributed by atoms with van der Waals surface area (Å²) in [6, 6.07) is 0. The molecule has 0 bridgehead atoms. The number of unbranched alkanes of at least 4 members (excludes halogenated alkanes) is 3. The largest absolute Gasteiger partial charge is 1.00 e. The third kappa shape index (κ3) is 11.0. The predicted octanol–water partition coefficient (Wildman–Crippen LogP) is 0.579. The quantitative estimate of drug-likeness (QED) is 0.275. The van der Waals surface area contributed by atoms with Crippen LogP contribution in [-0.2, 0) is 14.3 Å². The molecule has 0 radical (unpaired) electrons. The van der Waals surface area contributed by atoms with Gasteiger partial charge < -0.3 is 6.16 Å². The van der Waals surface area contributed by atoms with E-state index in [1.165, 1.54) is 0 Å². The molecule has 0 aromatic rings.